The summed E-state index contributed by atoms with van der Waals surface area (Å²) in [6, 6.07) is 13.5. The van der Waals surface area contributed by atoms with E-state index in [0.717, 1.165) is 46.9 Å². The maximum atomic E-state index is 12.6. The molecular formula is C18H19ClN2O. The predicted molar refractivity (Wildman–Crippen MR) is 91.3 cm³/mol. The Balaban J connectivity index is 1.74. The monoisotopic (exact) mass is 314 g/mol. The highest BCUT2D eigenvalue weighted by Crippen LogP contribution is 2.31. The highest BCUT2D eigenvalue weighted by molar-refractivity contribution is 6.31. The van der Waals surface area contributed by atoms with Gasteiger partial charge in [-0.1, -0.05) is 35.9 Å². The summed E-state index contributed by atoms with van der Waals surface area (Å²) in [5.74, 6) is 0.131. The maximum Gasteiger partial charge on any atom is 0.227 e. The van der Waals surface area contributed by atoms with Gasteiger partial charge in [0.2, 0.25) is 5.91 Å². The summed E-state index contributed by atoms with van der Waals surface area (Å²) in [5.41, 5.74) is 9.89. The van der Waals surface area contributed by atoms with Crippen molar-refractivity contribution in [2.45, 2.75) is 25.7 Å². The van der Waals surface area contributed by atoms with Crippen molar-refractivity contribution in [2.24, 2.45) is 0 Å². The van der Waals surface area contributed by atoms with Gasteiger partial charge in [-0.05, 0) is 48.6 Å². The second kappa shape index (κ2) is 6.41. The number of hydrogen-bond donors (Lipinski definition) is 1. The van der Waals surface area contributed by atoms with Crippen LogP contribution in [0.1, 0.15) is 24.0 Å². The number of halogens is 1. The molecule has 1 heterocycles. The number of anilines is 2. The van der Waals surface area contributed by atoms with Crippen LogP contribution >= 0.6 is 11.6 Å². The lowest BCUT2D eigenvalue weighted by molar-refractivity contribution is -0.118. The zero-order valence-electron chi connectivity index (χ0n) is 12.4. The Morgan fingerprint density at radius 1 is 1.18 bits per heavy atom. The van der Waals surface area contributed by atoms with E-state index in [1.54, 1.807) is 0 Å². The van der Waals surface area contributed by atoms with Crippen LogP contribution in [0.5, 0.6) is 0 Å². The number of hydrogen-bond acceptors (Lipinski definition) is 2. The van der Waals surface area contributed by atoms with Crippen molar-refractivity contribution in [2.75, 3.05) is 17.2 Å². The zero-order valence-corrected chi connectivity index (χ0v) is 13.1. The summed E-state index contributed by atoms with van der Waals surface area (Å²) < 4.78 is 0. The first-order valence-corrected chi connectivity index (χ1v) is 7.96. The number of rotatable bonds is 3. The third kappa shape index (κ3) is 2.95. The van der Waals surface area contributed by atoms with Gasteiger partial charge in [-0.2, -0.15) is 0 Å². The van der Waals surface area contributed by atoms with E-state index in [0.29, 0.717) is 12.8 Å². The molecule has 0 bridgehead atoms. The van der Waals surface area contributed by atoms with Crippen molar-refractivity contribution >= 4 is 28.9 Å². The van der Waals surface area contributed by atoms with Crippen LogP contribution in [0.4, 0.5) is 11.4 Å². The molecule has 1 amide bonds. The molecule has 0 aliphatic carbocycles. The molecule has 3 rings (SSSR count). The Kier molecular flexibility index (Phi) is 4.34. The molecule has 1 aliphatic heterocycles. The number of nitrogen functional groups attached to an aromatic ring is 1. The number of nitrogens with two attached hydrogens (primary N) is 1. The Morgan fingerprint density at radius 2 is 2.00 bits per heavy atom. The van der Waals surface area contributed by atoms with Crippen molar-refractivity contribution in [3.05, 3.63) is 58.6 Å². The summed E-state index contributed by atoms with van der Waals surface area (Å²) >= 11 is 6.15. The molecule has 0 saturated carbocycles. The minimum atomic E-state index is 0.131. The summed E-state index contributed by atoms with van der Waals surface area (Å²) in [6.45, 7) is 0.762. The van der Waals surface area contributed by atoms with E-state index in [1.807, 2.05) is 47.4 Å². The van der Waals surface area contributed by atoms with Crippen molar-refractivity contribution in [3.63, 3.8) is 0 Å². The highest BCUT2D eigenvalue weighted by atomic mass is 35.5. The first-order chi connectivity index (χ1) is 10.7. The smallest absolute Gasteiger partial charge is 0.227 e. The fraction of sp³-hybridized carbons (Fsp3) is 0.278. The lowest BCUT2D eigenvalue weighted by atomic mass is 9.99. The third-order valence-corrected chi connectivity index (χ3v) is 4.52. The number of amides is 1. The lowest BCUT2D eigenvalue weighted by Crippen LogP contribution is -2.35. The Hall–Kier alpha value is -2.00. The SMILES string of the molecule is Nc1cccc2c1CCCN2C(=O)CCc1ccccc1Cl. The third-order valence-electron chi connectivity index (χ3n) is 4.15. The second-order valence-electron chi connectivity index (χ2n) is 5.59. The highest BCUT2D eigenvalue weighted by Gasteiger charge is 2.23. The molecule has 2 N–H and O–H groups in total. The van der Waals surface area contributed by atoms with Gasteiger partial charge in [-0.3, -0.25) is 4.79 Å². The number of aryl methyl sites for hydroxylation is 1. The number of nitrogens with zero attached hydrogens (tertiary/aromatic N) is 1. The zero-order chi connectivity index (χ0) is 15.5. The van der Waals surface area contributed by atoms with E-state index in [2.05, 4.69) is 0 Å². The van der Waals surface area contributed by atoms with Crippen LogP contribution in [-0.2, 0) is 17.6 Å². The number of benzene rings is 2. The van der Waals surface area contributed by atoms with Gasteiger partial charge in [0.1, 0.15) is 0 Å². The van der Waals surface area contributed by atoms with E-state index in [1.165, 1.54) is 0 Å². The maximum absolute atomic E-state index is 12.6. The molecule has 3 nitrogen and oxygen atoms in total. The first-order valence-electron chi connectivity index (χ1n) is 7.58. The molecule has 0 saturated heterocycles. The predicted octanol–water partition coefficient (Wildman–Crippen LogP) is 3.83. The number of carbonyl (C=O) groups is 1. The molecular weight excluding hydrogens is 296 g/mol. The fourth-order valence-electron chi connectivity index (χ4n) is 2.99. The van der Waals surface area contributed by atoms with Gasteiger partial charge >= 0.3 is 0 Å². The normalized spacial score (nSPS) is 13.8. The van der Waals surface area contributed by atoms with Gasteiger partial charge < -0.3 is 10.6 Å². The minimum absolute atomic E-state index is 0.131. The van der Waals surface area contributed by atoms with Crippen molar-refractivity contribution in [1.82, 2.24) is 0 Å². The molecule has 0 radical (unpaired) electrons. The van der Waals surface area contributed by atoms with Crippen molar-refractivity contribution < 1.29 is 4.79 Å². The molecule has 0 aromatic heterocycles. The first kappa shape index (κ1) is 14.9. The van der Waals surface area contributed by atoms with E-state index in [9.17, 15) is 4.79 Å². The standard InChI is InChI=1S/C18H19ClN2O/c19-15-7-2-1-5-13(15)10-11-18(22)21-12-4-6-14-16(20)8-3-9-17(14)21/h1-3,5,7-9H,4,6,10-12,20H2. The lowest BCUT2D eigenvalue weighted by Gasteiger charge is -2.30. The van der Waals surface area contributed by atoms with Crippen LogP contribution in [0.3, 0.4) is 0 Å². The molecule has 4 heteroatoms. The van der Waals surface area contributed by atoms with Gasteiger partial charge in [0.25, 0.3) is 0 Å². The number of carbonyl (C=O) groups excluding carboxylic acids is 1. The van der Waals surface area contributed by atoms with E-state index in [4.69, 9.17) is 17.3 Å². The molecule has 2 aromatic rings. The van der Waals surface area contributed by atoms with Crippen LogP contribution < -0.4 is 10.6 Å². The number of fused-ring (bicyclic) bond motifs is 1. The minimum Gasteiger partial charge on any atom is -0.398 e. The van der Waals surface area contributed by atoms with Crippen LogP contribution in [0.15, 0.2) is 42.5 Å². The van der Waals surface area contributed by atoms with E-state index in [-0.39, 0.29) is 5.91 Å². The molecule has 0 fully saturated rings. The average molecular weight is 315 g/mol. The molecule has 114 valence electrons. The van der Waals surface area contributed by atoms with Crippen molar-refractivity contribution in [1.29, 1.82) is 0 Å². The summed E-state index contributed by atoms with van der Waals surface area (Å²) in [6.07, 6.45) is 3.01. The van der Waals surface area contributed by atoms with Gasteiger partial charge in [0, 0.05) is 29.4 Å². The van der Waals surface area contributed by atoms with E-state index >= 15 is 0 Å². The summed E-state index contributed by atoms with van der Waals surface area (Å²) in [5, 5.41) is 0.721. The molecule has 1 aliphatic rings. The Labute approximate surface area is 135 Å². The second-order valence-corrected chi connectivity index (χ2v) is 5.99. The van der Waals surface area contributed by atoms with Gasteiger partial charge in [0.15, 0.2) is 0 Å². The Bertz CT molecular complexity index is 699. The van der Waals surface area contributed by atoms with E-state index < -0.39 is 0 Å². The molecule has 2 aromatic carbocycles. The Morgan fingerprint density at radius 3 is 2.82 bits per heavy atom. The van der Waals surface area contributed by atoms with Gasteiger partial charge in [-0.15, -0.1) is 0 Å². The summed E-state index contributed by atoms with van der Waals surface area (Å²) in [4.78, 5) is 14.5. The van der Waals surface area contributed by atoms with Crippen LogP contribution in [-0.4, -0.2) is 12.5 Å². The van der Waals surface area contributed by atoms with Crippen molar-refractivity contribution in [3.8, 4) is 0 Å². The van der Waals surface area contributed by atoms with Gasteiger partial charge in [-0.25, -0.2) is 0 Å². The average Bonchev–Trinajstić information content (AvgIpc) is 2.54. The van der Waals surface area contributed by atoms with Crippen LogP contribution in [0, 0.1) is 0 Å². The molecule has 0 spiro atoms. The van der Waals surface area contributed by atoms with Crippen LogP contribution in [0.25, 0.3) is 0 Å². The summed E-state index contributed by atoms with van der Waals surface area (Å²) in [7, 11) is 0. The quantitative estimate of drug-likeness (QED) is 0.875. The fourth-order valence-corrected chi connectivity index (χ4v) is 3.22. The molecule has 0 unspecified atom stereocenters. The largest absolute Gasteiger partial charge is 0.398 e. The van der Waals surface area contributed by atoms with Gasteiger partial charge in [0.05, 0.1) is 0 Å². The molecule has 0 atom stereocenters. The molecule has 22 heavy (non-hydrogen) atoms. The topological polar surface area (TPSA) is 46.3 Å². The van der Waals surface area contributed by atoms with Crippen LogP contribution in [0.2, 0.25) is 5.02 Å².